The molecule has 1 N–H and O–H groups in total. The van der Waals surface area contributed by atoms with Crippen LogP contribution in [0, 0.1) is 0 Å². The smallest absolute Gasteiger partial charge is 0.337 e. The van der Waals surface area contributed by atoms with Crippen molar-refractivity contribution < 1.29 is 9.53 Å². The van der Waals surface area contributed by atoms with Crippen LogP contribution in [0.4, 0.5) is 5.69 Å². The zero-order chi connectivity index (χ0) is 12.3. The van der Waals surface area contributed by atoms with Crippen molar-refractivity contribution in [3.05, 3.63) is 29.8 Å². The van der Waals surface area contributed by atoms with Crippen LogP contribution < -0.4 is 10.2 Å². The van der Waals surface area contributed by atoms with Crippen molar-refractivity contribution in [1.82, 2.24) is 5.32 Å². The minimum atomic E-state index is -0.283. The largest absolute Gasteiger partial charge is 0.465 e. The summed E-state index contributed by atoms with van der Waals surface area (Å²) >= 11 is 0. The Morgan fingerprint density at radius 3 is 3.06 bits per heavy atom. The second-order valence-electron chi connectivity index (χ2n) is 4.29. The SMILES string of the molecule is COC(=O)c1cccc(N2CCNC[C@@H]2C)c1. The molecule has 0 unspecified atom stereocenters. The van der Waals surface area contributed by atoms with E-state index in [1.54, 1.807) is 6.07 Å². The third-order valence-corrected chi connectivity index (χ3v) is 3.10. The third kappa shape index (κ3) is 2.58. The zero-order valence-electron chi connectivity index (χ0n) is 10.3. The van der Waals surface area contributed by atoms with E-state index in [0.29, 0.717) is 11.6 Å². The van der Waals surface area contributed by atoms with Crippen LogP contribution in [0.3, 0.4) is 0 Å². The van der Waals surface area contributed by atoms with Crippen LogP contribution in [-0.2, 0) is 4.74 Å². The molecule has 1 aromatic rings. The van der Waals surface area contributed by atoms with Gasteiger partial charge in [-0.25, -0.2) is 4.79 Å². The molecule has 0 amide bonds. The van der Waals surface area contributed by atoms with Crippen molar-refractivity contribution in [1.29, 1.82) is 0 Å². The number of ether oxygens (including phenoxy) is 1. The molecule has 1 fully saturated rings. The highest BCUT2D eigenvalue weighted by atomic mass is 16.5. The highest BCUT2D eigenvalue weighted by Gasteiger charge is 2.19. The van der Waals surface area contributed by atoms with Crippen molar-refractivity contribution in [2.45, 2.75) is 13.0 Å². The Labute approximate surface area is 102 Å². The van der Waals surface area contributed by atoms with E-state index in [1.807, 2.05) is 18.2 Å². The number of hydrogen-bond acceptors (Lipinski definition) is 4. The van der Waals surface area contributed by atoms with Crippen molar-refractivity contribution in [2.75, 3.05) is 31.6 Å². The summed E-state index contributed by atoms with van der Waals surface area (Å²) in [5, 5.41) is 3.35. The summed E-state index contributed by atoms with van der Waals surface area (Å²) in [7, 11) is 1.41. The monoisotopic (exact) mass is 234 g/mol. The first-order valence-corrected chi connectivity index (χ1v) is 5.88. The molecule has 0 aliphatic carbocycles. The third-order valence-electron chi connectivity index (χ3n) is 3.10. The van der Waals surface area contributed by atoms with Crippen molar-refractivity contribution >= 4 is 11.7 Å². The molecule has 0 spiro atoms. The van der Waals surface area contributed by atoms with Gasteiger partial charge in [0.25, 0.3) is 0 Å². The first-order chi connectivity index (χ1) is 8.22. The van der Waals surface area contributed by atoms with Crippen molar-refractivity contribution in [3.63, 3.8) is 0 Å². The highest BCUT2D eigenvalue weighted by Crippen LogP contribution is 2.20. The molecule has 0 radical (unpaired) electrons. The fourth-order valence-corrected chi connectivity index (χ4v) is 2.15. The molecule has 2 rings (SSSR count). The number of piperazine rings is 1. The van der Waals surface area contributed by atoms with Gasteiger partial charge in [0.05, 0.1) is 12.7 Å². The molecule has 17 heavy (non-hydrogen) atoms. The van der Waals surface area contributed by atoms with Crippen molar-refractivity contribution in [2.24, 2.45) is 0 Å². The van der Waals surface area contributed by atoms with Crippen molar-refractivity contribution in [3.8, 4) is 0 Å². The Morgan fingerprint density at radius 2 is 2.35 bits per heavy atom. The predicted octanol–water partition coefficient (Wildman–Crippen LogP) is 1.27. The number of carbonyl (C=O) groups is 1. The number of benzene rings is 1. The molecule has 1 aliphatic heterocycles. The second-order valence-corrected chi connectivity index (χ2v) is 4.29. The number of esters is 1. The number of hydrogen-bond donors (Lipinski definition) is 1. The van der Waals surface area contributed by atoms with E-state index in [4.69, 9.17) is 4.74 Å². The summed E-state index contributed by atoms with van der Waals surface area (Å²) in [5.41, 5.74) is 1.69. The number of anilines is 1. The van der Waals surface area contributed by atoms with E-state index in [0.717, 1.165) is 25.3 Å². The van der Waals surface area contributed by atoms with Crippen LogP contribution in [0.25, 0.3) is 0 Å². The summed E-state index contributed by atoms with van der Waals surface area (Å²) in [6.45, 7) is 5.10. The number of methoxy groups -OCH3 is 1. The Morgan fingerprint density at radius 1 is 1.53 bits per heavy atom. The maximum absolute atomic E-state index is 11.5. The molecule has 1 aromatic carbocycles. The van der Waals surface area contributed by atoms with Gasteiger partial charge >= 0.3 is 5.97 Å². The molecule has 1 saturated heterocycles. The summed E-state index contributed by atoms with van der Waals surface area (Å²) in [4.78, 5) is 13.8. The van der Waals surface area contributed by atoms with Gasteiger partial charge in [-0.05, 0) is 25.1 Å². The van der Waals surface area contributed by atoms with E-state index in [9.17, 15) is 4.79 Å². The van der Waals surface area contributed by atoms with Gasteiger partial charge in [0.2, 0.25) is 0 Å². The fraction of sp³-hybridized carbons (Fsp3) is 0.462. The normalized spacial score (nSPS) is 20.1. The maximum Gasteiger partial charge on any atom is 0.337 e. The lowest BCUT2D eigenvalue weighted by atomic mass is 10.1. The Kier molecular flexibility index (Phi) is 3.64. The molecule has 0 aromatic heterocycles. The van der Waals surface area contributed by atoms with E-state index in [1.165, 1.54) is 7.11 Å². The van der Waals surface area contributed by atoms with Gasteiger partial charge in [-0.1, -0.05) is 6.07 Å². The summed E-state index contributed by atoms with van der Waals surface area (Å²) in [6.07, 6.45) is 0. The molecule has 4 heteroatoms. The van der Waals surface area contributed by atoms with Crippen LogP contribution in [0.15, 0.2) is 24.3 Å². The molecule has 0 saturated carbocycles. The summed E-state index contributed by atoms with van der Waals surface area (Å²) in [5.74, 6) is -0.283. The van der Waals surface area contributed by atoms with Crippen LogP contribution in [-0.4, -0.2) is 38.8 Å². The molecular formula is C13H18N2O2. The maximum atomic E-state index is 11.5. The van der Waals surface area contributed by atoms with E-state index in [2.05, 4.69) is 17.1 Å². The molecule has 1 atom stereocenters. The lowest BCUT2D eigenvalue weighted by Crippen LogP contribution is -2.49. The average molecular weight is 234 g/mol. The minimum Gasteiger partial charge on any atom is -0.465 e. The molecule has 4 nitrogen and oxygen atoms in total. The van der Waals surface area contributed by atoms with E-state index in [-0.39, 0.29) is 5.97 Å². The van der Waals surface area contributed by atoms with Gasteiger partial charge in [0, 0.05) is 31.4 Å². The molecule has 1 aliphatic rings. The van der Waals surface area contributed by atoms with Gasteiger partial charge in [-0.3, -0.25) is 0 Å². The molecule has 92 valence electrons. The fourth-order valence-electron chi connectivity index (χ4n) is 2.15. The Bertz CT molecular complexity index is 406. The number of carbonyl (C=O) groups excluding carboxylic acids is 1. The van der Waals surface area contributed by atoms with Crippen LogP contribution in [0.2, 0.25) is 0 Å². The Hall–Kier alpha value is -1.55. The standard InChI is InChI=1S/C13H18N2O2/c1-10-9-14-6-7-15(10)12-5-3-4-11(8-12)13(16)17-2/h3-5,8,10,14H,6-7,9H2,1-2H3/t10-/m0/s1. The quantitative estimate of drug-likeness (QED) is 0.782. The van der Waals surface area contributed by atoms with Crippen LogP contribution >= 0.6 is 0 Å². The number of rotatable bonds is 2. The zero-order valence-corrected chi connectivity index (χ0v) is 10.3. The number of nitrogens with one attached hydrogen (secondary N) is 1. The topological polar surface area (TPSA) is 41.6 Å². The van der Waals surface area contributed by atoms with E-state index >= 15 is 0 Å². The Balaban J connectivity index is 2.23. The molecular weight excluding hydrogens is 216 g/mol. The summed E-state index contributed by atoms with van der Waals surface area (Å²) in [6, 6.07) is 8.05. The second kappa shape index (κ2) is 5.19. The first kappa shape index (κ1) is 11.9. The lowest BCUT2D eigenvalue weighted by molar-refractivity contribution is 0.0601. The van der Waals surface area contributed by atoms with Gasteiger partial charge < -0.3 is 15.0 Å². The molecule has 0 bridgehead atoms. The predicted molar refractivity (Wildman–Crippen MR) is 67.5 cm³/mol. The van der Waals surface area contributed by atoms with E-state index < -0.39 is 0 Å². The van der Waals surface area contributed by atoms with Gasteiger partial charge in [-0.15, -0.1) is 0 Å². The highest BCUT2D eigenvalue weighted by molar-refractivity contribution is 5.90. The minimum absolute atomic E-state index is 0.283. The van der Waals surface area contributed by atoms with Crippen LogP contribution in [0.1, 0.15) is 17.3 Å². The molecule has 1 heterocycles. The van der Waals surface area contributed by atoms with Gasteiger partial charge in [0.1, 0.15) is 0 Å². The average Bonchev–Trinajstić information content (AvgIpc) is 2.38. The lowest BCUT2D eigenvalue weighted by Gasteiger charge is -2.36. The first-order valence-electron chi connectivity index (χ1n) is 5.88. The van der Waals surface area contributed by atoms with Crippen LogP contribution in [0.5, 0.6) is 0 Å². The van der Waals surface area contributed by atoms with Gasteiger partial charge in [0.15, 0.2) is 0 Å². The van der Waals surface area contributed by atoms with Gasteiger partial charge in [-0.2, -0.15) is 0 Å². The summed E-state index contributed by atoms with van der Waals surface area (Å²) < 4.78 is 4.74. The number of nitrogens with zero attached hydrogens (tertiary/aromatic N) is 1.